The van der Waals surface area contributed by atoms with E-state index in [2.05, 4.69) is 4.99 Å². The molecular weight excluding hydrogens is 176 g/mol. The van der Waals surface area contributed by atoms with E-state index in [4.69, 9.17) is 0 Å². The molecule has 1 aromatic carbocycles. The van der Waals surface area contributed by atoms with Gasteiger partial charge < -0.3 is 4.57 Å². The van der Waals surface area contributed by atoms with Gasteiger partial charge in [0, 0.05) is 18.6 Å². The van der Waals surface area contributed by atoms with Gasteiger partial charge in [-0.1, -0.05) is 12.1 Å². The zero-order valence-electron chi connectivity index (χ0n) is 8.11. The zero-order valence-corrected chi connectivity index (χ0v) is 8.11. The van der Waals surface area contributed by atoms with Crippen molar-refractivity contribution in [2.75, 3.05) is 0 Å². The van der Waals surface area contributed by atoms with Gasteiger partial charge in [-0.05, 0) is 18.6 Å². The van der Waals surface area contributed by atoms with Crippen LogP contribution in [-0.2, 0) is 11.8 Å². The molecule has 70 valence electrons. The largest absolute Gasteiger partial charge is 0.348 e. The number of fused-ring (bicyclic) bond motifs is 1. The molecule has 0 radical (unpaired) electrons. The second-order valence-electron chi connectivity index (χ2n) is 3.30. The van der Waals surface area contributed by atoms with Gasteiger partial charge in [-0.15, -0.1) is 0 Å². The van der Waals surface area contributed by atoms with Crippen molar-refractivity contribution in [2.45, 2.75) is 6.92 Å². The summed E-state index contributed by atoms with van der Waals surface area (Å²) in [7, 11) is 1.94. The van der Waals surface area contributed by atoms with Gasteiger partial charge >= 0.3 is 0 Å². The second-order valence-corrected chi connectivity index (χ2v) is 3.30. The van der Waals surface area contributed by atoms with Crippen LogP contribution in [0.25, 0.3) is 10.9 Å². The number of rotatable bonds is 1. The predicted molar refractivity (Wildman–Crippen MR) is 55.4 cm³/mol. The van der Waals surface area contributed by atoms with Crippen molar-refractivity contribution in [2.24, 2.45) is 12.0 Å². The first-order chi connectivity index (χ1) is 6.74. The molecule has 0 fully saturated rings. The number of isocyanates is 1. The Morgan fingerprint density at radius 3 is 2.93 bits per heavy atom. The topological polar surface area (TPSA) is 34.4 Å². The molecule has 0 amide bonds. The number of hydrogen-bond donors (Lipinski definition) is 0. The normalized spacial score (nSPS) is 10.1. The smallest absolute Gasteiger partial charge is 0.240 e. The number of benzene rings is 1. The molecule has 3 nitrogen and oxygen atoms in total. The standard InChI is InChI=1S/C11H10N2O/c1-8-4-3-5-10-11(8)9(12-7-14)6-13(10)2/h3-6H,1-2H3. The molecule has 0 N–H and O–H groups in total. The Hall–Kier alpha value is -1.86. The molecule has 0 aliphatic carbocycles. The van der Waals surface area contributed by atoms with Crippen molar-refractivity contribution in [1.82, 2.24) is 4.57 Å². The van der Waals surface area contributed by atoms with Crippen molar-refractivity contribution >= 4 is 22.7 Å². The van der Waals surface area contributed by atoms with Crippen molar-refractivity contribution < 1.29 is 4.79 Å². The van der Waals surface area contributed by atoms with E-state index < -0.39 is 0 Å². The lowest BCUT2D eigenvalue weighted by atomic mass is 10.1. The van der Waals surface area contributed by atoms with E-state index in [0.717, 1.165) is 16.5 Å². The number of nitrogens with zero attached hydrogens (tertiary/aromatic N) is 2. The molecule has 14 heavy (non-hydrogen) atoms. The summed E-state index contributed by atoms with van der Waals surface area (Å²) >= 11 is 0. The van der Waals surface area contributed by atoms with E-state index in [1.807, 2.05) is 42.9 Å². The minimum atomic E-state index is 0.690. The van der Waals surface area contributed by atoms with Crippen LogP contribution in [0.15, 0.2) is 29.4 Å². The summed E-state index contributed by atoms with van der Waals surface area (Å²) in [5, 5.41) is 1.03. The van der Waals surface area contributed by atoms with Gasteiger partial charge in [-0.2, -0.15) is 4.99 Å². The van der Waals surface area contributed by atoms with E-state index >= 15 is 0 Å². The Labute approximate surface area is 81.7 Å². The van der Waals surface area contributed by atoms with Crippen LogP contribution >= 0.6 is 0 Å². The highest BCUT2D eigenvalue weighted by Gasteiger charge is 2.07. The lowest BCUT2D eigenvalue weighted by molar-refractivity contribution is 0.565. The highest BCUT2D eigenvalue weighted by molar-refractivity contribution is 5.94. The van der Waals surface area contributed by atoms with Crippen LogP contribution in [0.5, 0.6) is 0 Å². The fraction of sp³-hybridized carbons (Fsp3) is 0.182. The Bertz CT molecular complexity index is 533. The van der Waals surface area contributed by atoms with Crippen LogP contribution in [0.4, 0.5) is 5.69 Å². The Balaban J connectivity index is 2.92. The van der Waals surface area contributed by atoms with Gasteiger partial charge in [0.25, 0.3) is 0 Å². The molecule has 1 aromatic heterocycles. The van der Waals surface area contributed by atoms with Crippen LogP contribution in [0, 0.1) is 6.92 Å². The summed E-state index contributed by atoms with van der Waals surface area (Å²) in [5.41, 5.74) is 2.90. The second kappa shape index (κ2) is 3.13. The molecular formula is C11H10N2O. The molecule has 0 aliphatic rings. The summed E-state index contributed by atoms with van der Waals surface area (Å²) in [6, 6.07) is 6.00. The molecule has 0 saturated carbocycles. The van der Waals surface area contributed by atoms with Crippen molar-refractivity contribution in [1.29, 1.82) is 0 Å². The average Bonchev–Trinajstić information content (AvgIpc) is 2.46. The predicted octanol–water partition coefficient (Wildman–Crippen LogP) is 2.45. The molecule has 1 heterocycles. The summed E-state index contributed by atoms with van der Waals surface area (Å²) in [6.07, 6.45) is 3.41. The van der Waals surface area contributed by atoms with Crippen LogP contribution in [-0.4, -0.2) is 10.6 Å². The molecule has 0 aliphatic heterocycles. The highest BCUT2D eigenvalue weighted by Crippen LogP contribution is 2.29. The Kier molecular flexibility index (Phi) is 1.95. The van der Waals surface area contributed by atoms with Gasteiger partial charge in [0.1, 0.15) is 5.69 Å². The number of aryl methyl sites for hydroxylation is 2. The minimum absolute atomic E-state index is 0.690. The van der Waals surface area contributed by atoms with Gasteiger partial charge in [-0.3, -0.25) is 0 Å². The van der Waals surface area contributed by atoms with Gasteiger partial charge in [0.15, 0.2) is 0 Å². The van der Waals surface area contributed by atoms with Crippen LogP contribution in [0.1, 0.15) is 5.56 Å². The number of carbonyl (C=O) groups excluding carboxylic acids is 1. The van der Waals surface area contributed by atoms with Gasteiger partial charge in [0.05, 0.1) is 5.52 Å². The Morgan fingerprint density at radius 2 is 2.21 bits per heavy atom. The first kappa shape index (κ1) is 8.73. The Morgan fingerprint density at radius 1 is 1.43 bits per heavy atom. The molecule has 3 heteroatoms. The fourth-order valence-corrected chi connectivity index (χ4v) is 1.73. The summed E-state index contributed by atoms with van der Waals surface area (Å²) < 4.78 is 1.96. The first-order valence-corrected chi connectivity index (χ1v) is 4.36. The van der Waals surface area contributed by atoms with Gasteiger partial charge in [-0.25, -0.2) is 4.79 Å². The monoisotopic (exact) mass is 186 g/mol. The third kappa shape index (κ3) is 1.15. The first-order valence-electron chi connectivity index (χ1n) is 4.36. The SMILES string of the molecule is Cc1cccc2c1c(N=C=O)cn2C. The maximum Gasteiger partial charge on any atom is 0.240 e. The quantitative estimate of drug-likeness (QED) is 0.497. The van der Waals surface area contributed by atoms with Crippen LogP contribution < -0.4 is 0 Å². The third-order valence-electron chi connectivity index (χ3n) is 2.37. The summed E-state index contributed by atoms with van der Waals surface area (Å²) in [4.78, 5) is 13.9. The summed E-state index contributed by atoms with van der Waals surface area (Å²) in [5.74, 6) is 0. The van der Waals surface area contributed by atoms with E-state index in [9.17, 15) is 4.79 Å². The molecule has 0 saturated heterocycles. The van der Waals surface area contributed by atoms with E-state index in [0.29, 0.717) is 5.69 Å². The van der Waals surface area contributed by atoms with E-state index in [-0.39, 0.29) is 0 Å². The molecule has 0 unspecified atom stereocenters. The van der Waals surface area contributed by atoms with E-state index in [1.54, 1.807) is 6.08 Å². The van der Waals surface area contributed by atoms with Crippen LogP contribution in [0.2, 0.25) is 0 Å². The zero-order chi connectivity index (χ0) is 10.1. The molecule has 2 aromatic rings. The van der Waals surface area contributed by atoms with Gasteiger partial charge in [0.2, 0.25) is 6.08 Å². The third-order valence-corrected chi connectivity index (χ3v) is 2.37. The highest BCUT2D eigenvalue weighted by atomic mass is 16.1. The minimum Gasteiger partial charge on any atom is -0.348 e. The number of hydrogen-bond acceptors (Lipinski definition) is 2. The molecule has 2 rings (SSSR count). The summed E-state index contributed by atoms with van der Waals surface area (Å²) in [6.45, 7) is 2.01. The lowest BCUT2D eigenvalue weighted by Crippen LogP contribution is -1.83. The maximum atomic E-state index is 10.2. The number of aliphatic imine (C=N–C) groups is 1. The van der Waals surface area contributed by atoms with Crippen molar-refractivity contribution in [3.8, 4) is 0 Å². The average molecular weight is 186 g/mol. The molecule has 0 spiro atoms. The maximum absolute atomic E-state index is 10.2. The number of aromatic nitrogens is 1. The molecule has 0 atom stereocenters. The molecule has 0 bridgehead atoms. The van der Waals surface area contributed by atoms with E-state index in [1.165, 1.54) is 0 Å². The fourth-order valence-electron chi connectivity index (χ4n) is 1.73. The van der Waals surface area contributed by atoms with Crippen LogP contribution in [0.3, 0.4) is 0 Å². The van der Waals surface area contributed by atoms with Crippen molar-refractivity contribution in [3.63, 3.8) is 0 Å². The lowest BCUT2D eigenvalue weighted by Gasteiger charge is -1.97. The van der Waals surface area contributed by atoms with Crippen molar-refractivity contribution in [3.05, 3.63) is 30.0 Å².